The number of hydrogen-bond donors (Lipinski definition) is 1. The third-order valence-electron chi connectivity index (χ3n) is 10.4. The van der Waals surface area contributed by atoms with E-state index in [1.54, 1.807) is 6.20 Å². The normalized spacial score (nSPS) is 36.3. The van der Waals surface area contributed by atoms with Crippen molar-refractivity contribution in [2.24, 2.45) is 34.5 Å². The number of carbonyl (C=O) groups is 1. The van der Waals surface area contributed by atoms with E-state index in [0.717, 1.165) is 59.5 Å². The molecule has 0 saturated heterocycles. The number of nitrogens with zero attached hydrogens (tertiary/aromatic N) is 3. The van der Waals surface area contributed by atoms with Gasteiger partial charge in [0.1, 0.15) is 10.8 Å². The summed E-state index contributed by atoms with van der Waals surface area (Å²) in [6, 6.07) is 7.82. The fourth-order valence-corrected chi connectivity index (χ4v) is 9.58. The zero-order valence-corrected chi connectivity index (χ0v) is 22.2. The zero-order valence-electron chi connectivity index (χ0n) is 21.4. The molecule has 1 aromatic carbocycles. The number of ketones is 1. The minimum atomic E-state index is -0.409. The van der Waals surface area contributed by atoms with Crippen LogP contribution in [0.25, 0.3) is 17.1 Å². The predicted molar refractivity (Wildman–Crippen MR) is 143 cm³/mol. The number of aliphatic hydroxyl groups is 1. The summed E-state index contributed by atoms with van der Waals surface area (Å²) in [6.07, 6.45) is 11.1. The molecule has 3 fully saturated rings. The predicted octanol–water partition coefficient (Wildman–Crippen LogP) is 5.75. The molecular weight excluding hydrogens is 482 g/mol. The molecule has 0 bridgehead atoms. The Balaban J connectivity index is 1.10. The molecule has 37 heavy (non-hydrogen) atoms. The van der Waals surface area contributed by atoms with Gasteiger partial charge in [-0.3, -0.25) is 9.78 Å². The highest BCUT2D eigenvalue weighted by Gasteiger charge is 2.63. The van der Waals surface area contributed by atoms with Crippen LogP contribution in [0.15, 0.2) is 51.8 Å². The van der Waals surface area contributed by atoms with E-state index >= 15 is 0 Å². The minimum absolute atomic E-state index is 0.00482. The van der Waals surface area contributed by atoms with E-state index in [1.165, 1.54) is 17.3 Å². The summed E-state index contributed by atoms with van der Waals surface area (Å²) in [5, 5.41) is 16.6. The molecule has 0 radical (unpaired) electrons. The first kappa shape index (κ1) is 23.6. The number of hydrogen-bond acceptors (Lipinski definition) is 7. The smallest absolute Gasteiger partial charge is 0.162 e. The first-order valence-corrected chi connectivity index (χ1v) is 14.6. The van der Waals surface area contributed by atoms with Crippen LogP contribution < -0.4 is 0 Å². The molecule has 3 saturated carbocycles. The second-order valence-electron chi connectivity index (χ2n) is 12.2. The summed E-state index contributed by atoms with van der Waals surface area (Å²) in [6.45, 7) is 4.64. The lowest BCUT2D eigenvalue weighted by Crippen LogP contribution is -2.57. The lowest BCUT2D eigenvalue weighted by molar-refractivity contribution is -0.140. The van der Waals surface area contributed by atoms with Crippen molar-refractivity contribution in [1.29, 1.82) is 0 Å². The van der Waals surface area contributed by atoms with Crippen LogP contribution in [0.1, 0.15) is 57.3 Å². The molecular formula is C30H33N3O3S. The molecule has 2 heterocycles. The van der Waals surface area contributed by atoms with Crippen molar-refractivity contribution in [2.45, 2.75) is 63.5 Å². The van der Waals surface area contributed by atoms with Crippen LogP contribution in [0.3, 0.4) is 0 Å². The van der Waals surface area contributed by atoms with Crippen LogP contribution in [0.2, 0.25) is 0 Å². The molecule has 6 nitrogen and oxygen atoms in total. The maximum atomic E-state index is 13.6. The maximum Gasteiger partial charge on any atom is 0.162 e. The first-order chi connectivity index (χ1) is 17.9. The van der Waals surface area contributed by atoms with Gasteiger partial charge in [-0.15, -0.1) is 0 Å². The van der Waals surface area contributed by atoms with Gasteiger partial charge in [-0.05, 0) is 85.3 Å². The van der Waals surface area contributed by atoms with Crippen molar-refractivity contribution in [3.05, 3.63) is 53.6 Å². The van der Waals surface area contributed by atoms with Gasteiger partial charge in [-0.1, -0.05) is 48.5 Å². The summed E-state index contributed by atoms with van der Waals surface area (Å²) in [4.78, 5) is 22.8. The summed E-state index contributed by atoms with van der Waals surface area (Å²) in [7, 11) is 0. The van der Waals surface area contributed by atoms with Crippen LogP contribution in [-0.2, 0) is 11.2 Å². The van der Waals surface area contributed by atoms with Gasteiger partial charge in [0.25, 0.3) is 0 Å². The number of allylic oxidation sites excluding steroid dienone is 1. The van der Waals surface area contributed by atoms with E-state index in [4.69, 9.17) is 4.52 Å². The van der Waals surface area contributed by atoms with Gasteiger partial charge in [0.2, 0.25) is 0 Å². The van der Waals surface area contributed by atoms with E-state index in [2.05, 4.69) is 35.0 Å². The number of benzene rings is 1. The number of carbonyl (C=O) groups excluding carboxylic acids is 1. The molecule has 4 aliphatic carbocycles. The molecule has 192 valence electrons. The Labute approximate surface area is 221 Å². The summed E-state index contributed by atoms with van der Waals surface area (Å²) in [5.74, 6) is 2.72. The Hall–Kier alpha value is -2.51. The van der Waals surface area contributed by atoms with E-state index in [9.17, 15) is 9.90 Å². The van der Waals surface area contributed by atoms with Gasteiger partial charge in [0, 0.05) is 11.5 Å². The van der Waals surface area contributed by atoms with Crippen LogP contribution in [-0.4, -0.2) is 37.9 Å². The average Bonchev–Trinajstić information content (AvgIpc) is 3.48. The van der Waals surface area contributed by atoms with Gasteiger partial charge >= 0.3 is 0 Å². The third-order valence-corrected chi connectivity index (χ3v) is 11.3. The molecule has 2 aromatic heterocycles. The average molecular weight is 516 g/mol. The van der Waals surface area contributed by atoms with Gasteiger partial charge in [-0.2, -0.15) is 0 Å². The first-order valence-electron chi connectivity index (χ1n) is 13.6. The Morgan fingerprint density at radius 3 is 2.86 bits per heavy atom. The van der Waals surface area contributed by atoms with E-state index in [-0.39, 0.29) is 22.7 Å². The molecule has 0 amide bonds. The second-order valence-corrected chi connectivity index (χ2v) is 13.2. The molecule has 3 aromatic rings. The number of aromatic nitrogens is 3. The van der Waals surface area contributed by atoms with Gasteiger partial charge in [0.15, 0.2) is 5.76 Å². The number of Topliss-reactive ketones (excluding diaryl/α,β-unsaturated/α-hetero) is 1. The molecule has 7 rings (SSSR count). The lowest BCUT2D eigenvalue weighted by Gasteiger charge is -2.59. The monoisotopic (exact) mass is 515 g/mol. The summed E-state index contributed by atoms with van der Waals surface area (Å²) < 4.78 is 5.48. The van der Waals surface area contributed by atoms with Crippen molar-refractivity contribution in [1.82, 2.24) is 15.1 Å². The Morgan fingerprint density at radius 1 is 1.16 bits per heavy atom. The van der Waals surface area contributed by atoms with Gasteiger partial charge in [-0.25, -0.2) is 4.98 Å². The topological polar surface area (TPSA) is 89.1 Å². The van der Waals surface area contributed by atoms with Crippen molar-refractivity contribution in [3.8, 4) is 0 Å². The number of para-hydroxylation sites is 2. The number of fused-ring (bicyclic) bond motifs is 7. The van der Waals surface area contributed by atoms with Crippen molar-refractivity contribution in [2.75, 3.05) is 5.75 Å². The third kappa shape index (κ3) is 3.57. The van der Waals surface area contributed by atoms with E-state index in [0.29, 0.717) is 29.8 Å². The van der Waals surface area contributed by atoms with Crippen molar-refractivity contribution in [3.63, 3.8) is 0 Å². The molecule has 3 unspecified atom stereocenters. The molecule has 7 heteroatoms. The van der Waals surface area contributed by atoms with E-state index in [1.807, 2.05) is 30.5 Å². The zero-order chi connectivity index (χ0) is 25.4. The number of rotatable bonds is 4. The van der Waals surface area contributed by atoms with Gasteiger partial charge < -0.3 is 9.63 Å². The van der Waals surface area contributed by atoms with Crippen molar-refractivity contribution < 1.29 is 14.4 Å². The summed E-state index contributed by atoms with van der Waals surface area (Å²) >= 11 is 1.49. The molecule has 0 aliphatic heterocycles. The standard InChI is InChI=1S/C30H33N3O3S/c1-29-12-17-14-32-36-26(17)11-18(29)7-8-19-20-9-10-21(30(20,2)13-24(34)28(19)29)25(35)16-37-27-15-31-22-5-3-4-6-23(22)33-27/h3-6,11,14-15,19-21,24,28,34H,7-10,12-13,16H2,1-2H3/t19?,20?,21-,24+,28?,29+,30+/m1/s1. The second kappa shape index (κ2) is 8.50. The SMILES string of the molecule is C[C@]12Cc3cnoc3C=C1CCC1C2[C@@H](O)C[C@@]2(C)C1CC[C@@H]2C(=O)CSc1cnc2ccccc2n1. The van der Waals surface area contributed by atoms with Crippen LogP contribution >= 0.6 is 11.8 Å². The molecule has 1 N–H and O–H groups in total. The van der Waals surface area contributed by atoms with Gasteiger partial charge in [0.05, 0.1) is 35.3 Å². The fraction of sp³-hybridized carbons (Fsp3) is 0.533. The quantitative estimate of drug-likeness (QED) is 0.443. The highest BCUT2D eigenvalue weighted by atomic mass is 32.2. The number of aliphatic hydroxyl groups excluding tert-OH is 1. The Kier molecular flexibility index (Phi) is 5.42. The largest absolute Gasteiger partial charge is 0.393 e. The van der Waals surface area contributed by atoms with Crippen LogP contribution in [0.4, 0.5) is 0 Å². The summed E-state index contributed by atoms with van der Waals surface area (Å²) in [5.41, 5.74) is 4.05. The van der Waals surface area contributed by atoms with E-state index < -0.39 is 6.10 Å². The Bertz CT molecular complexity index is 1420. The Morgan fingerprint density at radius 2 is 2.00 bits per heavy atom. The minimum Gasteiger partial charge on any atom is -0.393 e. The lowest BCUT2D eigenvalue weighted by atomic mass is 9.46. The number of thioether (sulfide) groups is 1. The van der Waals surface area contributed by atoms with Crippen LogP contribution in [0, 0.1) is 34.5 Å². The molecule has 7 atom stereocenters. The maximum absolute atomic E-state index is 13.6. The van der Waals surface area contributed by atoms with Crippen molar-refractivity contribution >= 4 is 34.7 Å². The van der Waals surface area contributed by atoms with Crippen LogP contribution in [0.5, 0.6) is 0 Å². The molecule has 4 aliphatic rings. The highest BCUT2D eigenvalue weighted by Crippen LogP contribution is 2.66. The molecule has 0 spiro atoms. The highest BCUT2D eigenvalue weighted by molar-refractivity contribution is 7.99. The fourth-order valence-electron chi connectivity index (χ4n) is 8.80.